The molecule has 3 aromatic rings. The lowest BCUT2D eigenvalue weighted by Gasteiger charge is -2.40. The van der Waals surface area contributed by atoms with Gasteiger partial charge in [0.1, 0.15) is 17.1 Å². The van der Waals surface area contributed by atoms with Crippen molar-refractivity contribution in [2.24, 2.45) is 0 Å². The first-order chi connectivity index (χ1) is 16.8. The van der Waals surface area contributed by atoms with Crippen LogP contribution in [0.2, 0.25) is 0 Å². The number of fused-ring (bicyclic) bond motifs is 1. The Balaban J connectivity index is 1.78. The molecule has 0 spiro atoms. The van der Waals surface area contributed by atoms with Crippen LogP contribution in [0.1, 0.15) is 13.3 Å². The number of phenols is 1. The topological polar surface area (TPSA) is 115 Å². The van der Waals surface area contributed by atoms with Crippen LogP contribution >= 0.6 is 0 Å². The number of aromatic nitrogens is 3. The van der Waals surface area contributed by atoms with Crippen molar-refractivity contribution in [3.8, 4) is 29.0 Å². The fourth-order valence-corrected chi connectivity index (χ4v) is 4.08. The first-order valence-corrected chi connectivity index (χ1v) is 10.9. The van der Waals surface area contributed by atoms with Gasteiger partial charge in [-0.25, -0.2) is 8.78 Å². The number of piperazine rings is 1. The highest BCUT2D eigenvalue weighted by atomic mass is 19.1. The molecule has 1 unspecified atom stereocenters. The summed E-state index contributed by atoms with van der Waals surface area (Å²) in [5, 5.41) is 19.4. The maximum Gasteiger partial charge on any atom is 0.319 e. The Bertz CT molecular complexity index is 1320. The van der Waals surface area contributed by atoms with Gasteiger partial charge in [-0.15, -0.1) is 0 Å². The van der Waals surface area contributed by atoms with E-state index in [4.69, 9.17) is 4.74 Å². The highest BCUT2D eigenvalue weighted by Crippen LogP contribution is 2.34. The quantitative estimate of drug-likeness (QED) is 0.534. The summed E-state index contributed by atoms with van der Waals surface area (Å²) in [4.78, 5) is 28.7. The Labute approximate surface area is 199 Å². The average Bonchev–Trinajstić information content (AvgIpc) is 2.83. The minimum Gasteiger partial charge on any atom is -0.507 e. The fraction of sp³-hybridized carbons (Fsp3) is 0.292. The summed E-state index contributed by atoms with van der Waals surface area (Å²) in [6.45, 7) is 5.77. The molecule has 9 nitrogen and oxygen atoms in total. The number of pyridine rings is 1. The van der Waals surface area contributed by atoms with Crippen LogP contribution in [0.4, 0.5) is 14.6 Å². The maximum absolute atomic E-state index is 14.4. The van der Waals surface area contributed by atoms with Gasteiger partial charge in [0.2, 0.25) is 0 Å². The lowest BCUT2D eigenvalue weighted by molar-refractivity contribution is -0.131. The van der Waals surface area contributed by atoms with Crippen molar-refractivity contribution in [3.05, 3.63) is 48.7 Å². The molecule has 35 heavy (non-hydrogen) atoms. The molecule has 2 aromatic heterocycles. The molecule has 0 aliphatic carbocycles. The van der Waals surface area contributed by atoms with Crippen LogP contribution in [0.15, 0.2) is 42.9 Å². The predicted octanol–water partition coefficient (Wildman–Crippen LogP) is 3.35. The van der Waals surface area contributed by atoms with Gasteiger partial charge < -0.3 is 19.6 Å². The number of amides is 1. The van der Waals surface area contributed by atoms with Gasteiger partial charge in [0.15, 0.2) is 11.6 Å². The molecule has 1 N–H and O–H groups in total. The molecule has 1 aliphatic rings. The number of rotatable bonds is 6. The zero-order valence-corrected chi connectivity index (χ0v) is 18.9. The SMILES string of the molecule is C=C(F)C(=O)N1CCN(c2nc(OCC)nc3cc(-c4c(O)cccc4F)cnc23)CC1CC#N. The van der Waals surface area contributed by atoms with Gasteiger partial charge in [0.05, 0.1) is 36.2 Å². The van der Waals surface area contributed by atoms with E-state index in [9.17, 15) is 23.9 Å². The summed E-state index contributed by atoms with van der Waals surface area (Å²) in [5.41, 5.74) is 1.05. The van der Waals surface area contributed by atoms with Gasteiger partial charge in [-0.1, -0.05) is 12.6 Å². The van der Waals surface area contributed by atoms with E-state index in [-0.39, 0.29) is 43.4 Å². The van der Waals surface area contributed by atoms with Crippen molar-refractivity contribution in [1.82, 2.24) is 19.9 Å². The number of aromatic hydroxyl groups is 1. The lowest BCUT2D eigenvalue weighted by atomic mass is 10.0. The van der Waals surface area contributed by atoms with E-state index < -0.39 is 23.6 Å². The molecule has 1 fully saturated rings. The summed E-state index contributed by atoms with van der Waals surface area (Å²) in [6.07, 6.45) is 1.40. The van der Waals surface area contributed by atoms with Crippen molar-refractivity contribution in [1.29, 1.82) is 5.26 Å². The average molecular weight is 480 g/mol. The molecule has 0 saturated carbocycles. The van der Waals surface area contributed by atoms with Crippen LogP contribution < -0.4 is 9.64 Å². The largest absolute Gasteiger partial charge is 0.507 e. The van der Waals surface area contributed by atoms with Crippen molar-refractivity contribution in [2.75, 3.05) is 31.1 Å². The lowest BCUT2D eigenvalue weighted by Crippen LogP contribution is -2.55. The number of ether oxygens (including phenoxy) is 1. The number of benzene rings is 1. The smallest absolute Gasteiger partial charge is 0.319 e. The molecule has 1 saturated heterocycles. The number of nitrogens with zero attached hydrogens (tertiary/aromatic N) is 6. The Hall–Kier alpha value is -4.33. The summed E-state index contributed by atoms with van der Waals surface area (Å²) in [6, 6.07) is 7.10. The van der Waals surface area contributed by atoms with Gasteiger partial charge in [-0.3, -0.25) is 9.78 Å². The van der Waals surface area contributed by atoms with Gasteiger partial charge in [-0.05, 0) is 25.1 Å². The summed E-state index contributed by atoms with van der Waals surface area (Å²) in [7, 11) is 0. The zero-order chi connectivity index (χ0) is 25.1. The van der Waals surface area contributed by atoms with E-state index in [0.717, 1.165) is 0 Å². The number of anilines is 1. The van der Waals surface area contributed by atoms with Crippen LogP contribution in [-0.4, -0.2) is 63.1 Å². The van der Waals surface area contributed by atoms with Crippen LogP contribution in [0.25, 0.3) is 22.2 Å². The van der Waals surface area contributed by atoms with Crippen LogP contribution in [-0.2, 0) is 4.79 Å². The number of phenolic OH excluding ortho intramolecular Hbond substituents is 1. The third-order valence-corrected chi connectivity index (χ3v) is 5.65. The van der Waals surface area contributed by atoms with Gasteiger partial charge >= 0.3 is 6.01 Å². The number of carbonyl (C=O) groups excluding carboxylic acids is 1. The minimum atomic E-state index is -1.09. The molecule has 3 heterocycles. The second-order valence-corrected chi connectivity index (χ2v) is 7.85. The van der Waals surface area contributed by atoms with Crippen molar-refractivity contribution in [2.45, 2.75) is 19.4 Å². The van der Waals surface area contributed by atoms with E-state index >= 15 is 0 Å². The first-order valence-electron chi connectivity index (χ1n) is 10.9. The van der Waals surface area contributed by atoms with Crippen molar-refractivity contribution >= 4 is 22.8 Å². The summed E-state index contributed by atoms with van der Waals surface area (Å²) in [5.74, 6) is -2.38. The van der Waals surface area contributed by atoms with Crippen LogP contribution in [0.3, 0.4) is 0 Å². The second-order valence-electron chi connectivity index (χ2n) is 7.85. The molecule has 1 aliphatic heterocycles. The molecule has 0 radical (unpaired) electrons. The Kier molecular flexibility index (Phi) is 6.73. The highest BCUT2D eigenvalue weighted by Gasteiger charge is 2.33. The maximum atomic E-state index is 14.4. The second kappa shape index (κ2) is 9.89. The third-order valence-electron chi connectivity index (χ3n) is 5.65. The third kappa shape index (κ3) is 4.68. The van der Waals surface area contributed by atoms with Gasteiger partial charge in [0, 0.05) is 31.4 Å². The molecule has 11 heteroatoms. The number of carbonyl (C=O) groups is 1. The van der Waals surface area contributed by atoms with E-state index in [1.54, 1.807) is 13.0 Å². The first kappa shape index (κ1) is 23.8. The molecular formula is C24H22F2N6O3. The molecule has 1 amide bonds. The van der Waals surface area contributed by atoms with Crippen molar-refractivity contribution in [3.63, 3.8) is 0 Å². The van der Waals surface area contributed by atoms with E-state index in [1.165, 1.54) is 29.3 Å². The highest BCUT2D eigenvalue weighted by molar-refractivity contribution is 5.92. The van der Waals surface area contributed by atoms with E-state index in [0.29, 0.717) is 29.0 Å². The van der Waals surface area contributed by atoms with Crippen molar-refractivity contribution < 1.29 is 23.4 Å². The van der Waals surface area contributed by atoms with E-state index in [1.807, 2.05) is 11.0 Å². The zero-order valence-electron chi connectivity index (χ0n) is 18.9. The molecule has 0 bridgehead atoms. The predicted molar refractivity (Wildman–Crippen MR) is 124 cm³/mol. The van der Waals surface area contributed by atoms with Crippen LogP contribution in [0, 0.1) is 17.1 Å². The molecule has 4 rings (SSSR count). The molecule has 1 atom stereocenters. The van der Waals surface area contributed by atoms with E-state index in [2.05, 4.69) is 21.5 Å². The standard InChI is InChI=1S/C24H22F2N6O3/c1-3-35-24-29-18-11-15(20-17(26)5-4-6-19(20)33)12-28-21(18)22(30-24)31-9-10-32(23(34)14(2)25)16(13-31)7-8-27/h4-6,11-12,16,33H,2-3,7,9-10,13H2,1H3. The fourth-order valence-electron chi connectivity index (χ4n) is 4.08. The van der Waals surface area contributed by atoms with Gasteiger partial charge in [0.25, 0.3) is 5.91 Å². The summed E-state index contributed by atoms with van der Waals surface area (Å²) >= 11 is 0. The normalized spacial score (nSPS) is 15.7. The van der Waals surface area contributed by atoms with Gasteiger partial charge in [-0.2, -0.15) is 15.2 Å². The summed E-state index contributed by atoms with van der Waals surface area (Å²) < 4.78 is 33.5. The molecule has 180 valence electrons. The number of nitriles is 1. The monoisotopic (exact) mass is 480 g/mol. The number of halogens is 2. The number of hydrogen-bond donors (Lipinski definition) is 1. The Morgan fingerprint density at radius 3 is 2.86 bits per heavy atom. The molecule has 1 aromatic carbocycles. The number of hydrogen-bond acceptors (Lipinski definition) is 8. The van der Waals surface area contributed by atoms with Crippen LogP contribution in [0.5, 0.6) is 11.8 Å². The Morgan fingerprint density at radius 2 is 2.17 bits per heavy atom. The molecular weight excluding hydrogens is 458 g/mol. The Morgan fingerprint density at radius 1 is 1.37 bits per heavy atom. The minimum absolute atomic E-state index is 0.00677.